The highest BCUT2D eigenvalue weighted by molar-refractivity contribution is 9.10. The van der Waals surface area contributed by atoms with E-state index in [0.29, 0.717) is 6.61 Å². The van der Waals surface area contributed by atoms with Gasteiger partial charge in [0, 0.05) is 0 Å². The third-order valence-electron chi connectivity index (χ3n) is 2.92. The summed E-state index contributed by atoms with van der Waals surface area (Å²) in [6.07, 6.45) is 0. The Balaban J connectivity index is 2.10. The molecule has 0 aliphatic heterocycles. The second-order valence-corrected chi connectivity index (χ2v) is 5.38. The summed E-state index contributed by atoms with van der Waals surface area (Å²) in [6, 6.07) is 12.1. The number of ether oxygens (including phenoxy) is 2. The first-order valence-corrected chi connectivity index (χ1v) is 6.92. The van der Waals surface area contributed by atoms with Crippen molar-refractivity contribution >= 4 is 15.9 Å². The summed E-state index contributed by atoms with van der Waals surface area (Å²) >= 11 is 3.55. The van der Waals surface area contributed by atoms with Gasteiger partial charge in [0.1, 0.15) is 18.1 Å². The summed E-state index contributed by atoms with van der Waals surface area (Å²) in [5.41, 5.74) is 3.48. The van der Waals surface area contributed by atoms with Crippen molar-refractivity contribution in [2.24, 2.45) is 0 Å². The molecule has 0 aromatic heterocycles. The van der Waals surface area contributed by atoms with Gasteiger partial charge in [-0.25, -0.2) is 0 Å². The van der Waals surface area contributed by atoms with Gasteiger partial charge in [-0.05, 0) is 64.7 Å². The predicted molar refractivity (Wildman–Crippen MR) is 80.9 cm³/mol. The van der Waals surface area contributed by atoms with Crippen molar-refractivity contribution in [1.82, 2.24) is 0 Å². The van der Waals surface area contributed by atoms with Gasteiger partial charge in [-0.1, -0.05) is 18.2 Å². The molecule has 0 radical (unpaired) electrons. The van der Waals surface area contributed by atoms with Crippen molar-refractivity contribution in [2.45, 2.75) is 20.5 Å². The molecule has 0 saturated heterocycles. The highest BCUT2D eigenvalue weighted by atomic mass is 79.9. The smallest absolute Gasteiger partial charge is 0.136 e. The van der Waals surface area contributed by atoms with E-state index in [9.17, 15) is 0 Å². The molecule has 0 saturated carbocycles. The van der Waals surface area contributed by atoms with Gasteiger partial charge in [0.05, 0.1) is 11.6 Å². The average Bonchev–Trinajstić information content (AvgIpc) is 2.38. The SMILES string of the molecule is COc1ccc(COc2c(C)cc(C)cc2Br)cc1. The zero-order valence-electron chi connectivity index (χ0n) is 11.4. The van der Waals surface area contributed by atoms with Crippen molar-refractivity contribution in [3.63, 3.8) is 0 Å². The molecule has 2 rings (SSSR count). The molecule has 0 atom stereocenters. The lowest BCUT2D eigenvalue weighted by molar-refractivity contribution is 0.302. The van der Waals surface area contributed by atoms with E-state index in [2.05, 4.69) is 41.9 Å². The van der Waals surface area contributed by atoms with Crippen molar-refractivity contribution in [1.29, 1.82) is 0 Å². The summed E-state index contributed by atoms with van der Waals surface area (Å²) in [5.74, 6) is 1.76. The minimum absolute atomic E-state index is 0.548. The van der Waals surface area contributed by atoms with Gasteiger partial charge < -0.3 is 9.47 Å². The third kappa shape index (κ3) is 3.51. The topological polar surface area (TPSA) is 18.5 Å². The van der Waals surface area contributed by atoms with Crippen molar-refractivity contribution in [3.8, 4) is 11.5 Å². The molecule has 0 fully saturated rings. The molecule has 100 valence electrons. The summed E-state index contributed by atoms with van der Waals surface area (Å²) in [5, 5.41) is 0. The lowest BCUT2D eigenvalue weighted by atomic mass is 10.1. The fraction of sp³-hybridized carbons (Fsp3) is 0.250. The molecule has 19 heavy (non-hydrogen) atoms. The first-order valence-electron chi connectivity index (χ1n) is 6.12. The number of hydrogen-bond acceptors (Lipinski definition) is 2. The van der Waals surface area contributed by atoms with Crippen LogP contribution in [0.1, 0.15) is 16.7 Å². The number of methoxy groups -OCH3 is 1. The Hall–Kier alpha value is -1.48. The molecule has 0 heterocycles. The normalized spacial score (nSPS) is 10.3. The monoisotopic (exact) mass is 320 g/mol. The Bertz CT molecular complexity index is 538. The molecule has 0 unspecified atom stereocenters. The van der Waals surface area contributed by atoms with E-state index in [4.69, 9.17) is 9.47 Å². The summed E-state index contributed by atoms with van der Waals surface area (Å²) in [4.78, 5) is 0. The van der Waals surface area contributed by atoms with Crippen LogP contribution in [0.25, 0.3) is 0 Å². The molecule has 2 nitrogen and oxygen atoms in total. The molecule has 0 aliphatic rings. The van der Waals surface area contributed by atoms with Crippen LogP contribution in [0.15, 0.2) is 40.9 Å². The molecule has 2 aromatic carbocycles. The molecule has 0 amide bonds. The van der Waals surface area contributed by atoms with Gasteiger partial charge in [0.25, 0.3) is 0 Å². The van der Waals surface area contributed by atoms with Crippen LogP contribution >= 0.6 is 15.9 Å². The van der Waals surface area contributed by atoms with E-state index in [1.54, 1.807) is 7.11 Å². The minimum Gasteiger partial charge on any atom is -0.497 e. The summed E-state index contributed by atoms with van der Waals surface area (Å²) < 4.78 is 12.0. The van der Waals surface area contributed by atoms with Gasteiger partial charge in [0.2, 0.25) is 0 Å². The Labute approximate surface area is 122 Å². The fourth-order valence-corrected chi connectivity index (χ4v) is 2.75. The van der Waals surface area contributed by atoms with Crippen LogP contribution in [0.4, 0.5) is 0 Å². The number of benzene rings is 2. The summed E-state index contributed by atoms with van der Waals surface area (Å²) in [6.45, 7) is 4.68. The maximum absolute atomic E-state index is 5.89. The molecule has 3 heteroatoms. The molecule has 0 aliphatic carbocycles. The zero-order valence-corrected chi connectivity index (χ0v) is 13.0. The van der Waals surface area contributed by atoms with E-state index in [-0.39, 0.29) is 0 Å². The standard InChI is InChI=1S/C16H17BrO2/c1-11-8-12(2)16(15(17)9-11)19-10-13-4-6-14(18-3)7-5-13/h4-9H,10H2,1-3H3. The van der Waals surface area contributed by atoms with E-state index >= 15 is 0 Å². The van der Waals surface area contributed by atoms with E-state index in [0.717, 1.165) is 27.1 Å². The summed E-state index contributed by atoms with van der Waals surface area (Å²) in [7, 11) is 1.66. The Morgan fingerprint density at radius 2 is 1.74 bits per heavy atom. The number of halogens is 1. The maximum atomic E-state index is 5.89. The van der Waals surface area contributed by atoms with Crippen LogP contribution in [0, 0.1) is 13.8 Å². The average molecular weight is 321 g/mol. The van der Waals surface area contributed by atoms with Crippen LogP contribution in [0.3, 0.4) is 0 Å². The minimum atomic E-state index is 0.548. The second-order valence-electron chi connectivity index (χ2n) is 4.53. The molecular formula is C16H17BrO2. The van der Waals surface area contributed by atoms with Crippen molar-refractivity contribution < 1.29 is 9.47 Å². The Kier molecular flexibility index (Phi) is 4.48. The highest BCUT2D eigenvalue weighted by Gasteiger charge is 2.06. The number of aryl methyl sites for hydroxylation is 2. The van der Waals surface area contributed by atoms with Gasteiger partial charge >= 0.3 is 0 Å². The molecule has 0 N–H and O–H groups in total. The Morgan fingerprint density at radius 1 is 1.05 bits per heavy atom. The first kappa shape index (κ1) is 13.9. The zero-order chi connectivity index (χ0) is 13.8. The van der Waals surface area contributed by atoms with Gasteiger partial charge in [-0.2, -0.15) is 0 Å². The lowest BCUT2D eigenvalue weighted by Crippen LogP contribution is -1.98. The van der Waals surface area contributed by atoms with E-state index < -0.39 is 0 Å². The van der Waals surface area contributed by atoms with Crippen molar-refractivity contribution in [3.05, 3.63) is 57.6 Å². The van der Waals surface area contributed by atoms with Crippen LogP contribution in [-0.2, 0) is 6.61 Å². The predicted octanol–water partition coefficient (Wildman–Crippen LogP) is 4.65. The van der Waals surface area contributed by atoms with E-state index in [1.165, 1.54) is 5.56 Å². The maximum Gasteiger partial charge on any atom is 0.136 e. The Morgan fingerprint density at radius 3 is 2.32 bits per heavy atom. The van der Waals surface area contributed by atoms with Gasteiger partial charge in [-0.15, -0.1) is 0 Å². The lowest BCUT2D eigenvalue weighted by Gasteiger charge is -2.12. The van der Waals surface area contributed by atoms with Crippen LogP contribution in [-0.4, -0.2) is 7.11 Å². The fourth-order valence-electron chi connectivity index (χ4n) is 1.96. The van der Waals surface area contributed by atoms with Crippen LogP contribution < -0.4 is 9.47 Å². The molecule has 0 spiro atoms. The van der Waals surface area contributed by atoms with E-state index in [1.807, 2.05) is 24.3 Å². The number of rotatable bonds is 4. The molecular weight excluding hydrogens is 304 g/mol. The quantitative estimate of drug-likeness (QED) is 0.816. The third-order valence-corrected chi connectivity index (χ3v) is 3.50. The largest absolute Gasteiger partial charge is 0.497 e. The first-order chi connectivity index (χ1) is 9.10. The van der Waals surface area contributed by atoms with Crippen LogP contribution in [0.5, 0.6) is 11.5 Å². The highest BCUT2D eigenvalue weighted by Crippen LogP contribution is 2.30. The van der Waals surface area contributed by atoms with Gasteiger partial charge in [0.15, 0.2) is 0 Å². The van der Waals surface area contributed by atoms with Gasteiger partial charge in [-0.3, -0.25) is 0 Å². The molecule has 0 bridgehead atoms. The number of hydrogen-bond donors (Lipinski definition) is 0. The van der Waals surface area contributed by atoms with Crippen LogP contribution in [0.2, 0.25) is 0 Å². The molecule has 2 aromatic rings. The second kappa shape index (κ2) is 6.11. The van der Waals surface area contributed by atoms with Crippen molar-refractivity contribution in [2.75, 3.05) is 7.11 Å².